The molecule has 0 bridgehead atoms. The molecule has 0 saturated carbocycles. The molecule has 0 aromatic carbocycles. The minimum atomic E-state index is -1.39. The number of nitrogens with one attached hydrogen (secondary N) is 2. The molecule has 15 heteroatoms. The van der Waals surface area contributed by atoms with E-state index in [1.807, 2.05) is 13.8 Å². The van der Waals surface area contributed by atoms with E-state index in [4.69, 9.17) is 14.6 Å². The largest absolute Gasteiger partial charge is 0.481 e. The van der Waals surface area contributed by atoms with Gasteiger partial charge in [0.1, 0.15) is 30.3 Å². The van der Waals surface area contributed by atoms with Crippen molar-refractivity contribution in [3.8, 4) is 0 Å². The number of carboxylic acids is 1. The van der Waals surface area contributed by atoms with E-state index in [9.17, 15) is 33.9 Å². The number of carbonyl (C=O) groups excluding carboxylic acids is 5. The zero-order chi connectivity index (χ0) is 35.8. The van der Waals surface area contributed by atoms with E-state index in [1.54, 1.807) is 27.7 Å². The predicted molar refractivity (Wildman–Crippen MR) is 171 cm³/mol. The maximum absolute atomic E-state index is 14.0. The van der Waals surface area contributed by atoms with Crippen LogP contribution >= 0.6 is 0 Å². The summed E-state index contributed by atoms with van der Waals surface area (Å²) in [5.41, 5.74) is 0. The molecule has 2 heterocycles. The number of aliphatic hydroxyl groups is 1. The van der Waals surface area contributed by atoms with Gasteiger partial charge in [0.15, 0.2) is 5.79 Å². The molecule has 268 valence electrons. The fourth-order valence-corrected chi connectivity index (χ4v) is 5.93. The molecule has 47 heavy (non-hydrogen) atoms. The van der Waals surface area contributed by atoms with Gasteiger partial charge in [-0.05, 0) is 45.4 Å². The number of hydrogen-bond donors (Lipinski definition) is 4. The Morgan fingerprint density at radius 3 is 2.19 bits per heavy atom. The minimum Gasteiger partial charge on any atom is -0.481 e. The second-order valence-corrected chi connectivity index (χ2v) is 13.5. The topological polar surface area (TPSA) is 195 Å². The third-order valence-corrected chi connectivity index (χ3v) is 9.05. The molecule has 0 spiro atoms. The summed E-state index contributed by atoms with van der Waals surface area (Å²) in [7, 11) is 2.92. The van der Waals surface area contributed by atoms with Crippen molar-refractivity contribution in [3.05, 3.63) is 0 Å². The van der Waals surface area contributed by atoms with Gasteiger partial charge >= 0.3 is 5.97 Å². The maximum Gasteiger partial charge on any atom is 0.305 e. The van der Waals surface area contributed by atoms with E-state index in [0.717, 1.165) is 0 Å². The third-order valence-electron chi connectivity index (χ3n) is 9.05. The molecule has 2 aliphatic rings. The van der Waals surface area contributed by atoms with Crippen LogP contribution < -0.4 is 10.6 Å². The highest BCUT2D eigenvalue weighted by Crippen LogP contribution is 2.27. The number of carbonyl (C=O) groups is 6. The SMILES string of the molecule is CC[C@H](C)[C@H](NC(=O)[C@@H]1CCCN1C(=O)[C@H](O)C[C@@H]1COC(C)(C)O1)C(=O)N(C)[C@H](C(=O)N(C)[C@@H](C)C(=O)NCCC(=O)O)C(C)C. The zero-order valence-corrected chi connectivity index (χ0v) is 29.3. The van der Waals surface area contributed by atoms with Gasteiger partial charge in [0, 0.05) is 33.6 Å². The lowest BCUT2D eigenvalue weighted by molar-refractivity contribution is -0.153. The Labute approximate surface area is 277 Å². The molecule has 0 aromatic rings. The summed E-state index contributed by atoms with van der Waals surface area (Å²) in [6.45, 7) is 12.7. The highest BCUT2D eigenvalue weighted by molar-refractivity contribution is 5.96. The normalized spacial score (nSPS) is 22.1. The summed E-state index contributed by atoms with van der Waals surface area (Å²) in [5.74, 6) is -5.19. The van der Waals surface area contributed by atoms with E-state index in [-0.39, 0.29) is 44.4 Å². The Balaban J connectivity index is 2.16. The highest BCUT2D eigenvalue weighted by atomic mass is 16.7. The predicted octanol–water partition coefficient (Wildman–Crippen LogP) is 0.332. The first-order chi connectivity index (χ1) is 21.8. The molecule has 4 N–H and O–H groups in total. The zero-order valence-electron chi connectivity index (χ0n) is 29.3. The molecular formula is C32H55N5O10. The Kier molecular flexibility index (Phi) is 14.6. The molecule has 2 aliphatic heterocycles. The minimum absolute atomic E-state index is 0.0214. The van der Waals surface area contributed by atoms with E-state index in [2.05, 4.69) is 10.6 Å². The second kappa shape index (κ2) is 17.2. The number of hydrogen-bond acceptors (Lipinski definition) is 9. The lowest BCUT2D eigenvalue weighted by Crippen LogP contribution is -2.61. The summed E-state index contributed by atoms with van der Waals surface area (Å²) < 4.78 is 11.2. The van der Waals surface area contributed by atoms with Crippen molar-refractivity contribution in [2.24, 2.45) is 11.8 Å². The van der Waals surface area contributed by atoms with Crippen LogP contribution in [-0.2, 0) is 38.2 Å². The number of rotatable bonds is 16. The molecule has 2 saturated heterocycles. The number of aliphatic hydroxyl groups excluding tert-OH is 1. The monoisotopic (exact) mass is 669 g/mol. The van der Waals surface area contributed by atoms with Crippen LogP contribution in [0, 0.1) is 11.8 Å². The van der Waals surface area contributed by atoms with Crippen molar-refractivity contribution < 1.29 is 48.5 Å². The quantitative estimate of drug-likeness (QED) is 0.178. The first-order valence-electron chi connectivity index (χ1n) is 16.5. The van der Waals surface area contributed by atoms with Gasteiger partial charge in [-0.2, -0.15) is 0 Å². The van der Waals surface area contributed by atoms with Crippen LogP contribution in [0.3, 0.4) is 0 Å². The van der Waals surface area contributed by atoms with Gasteiger partial charge in [-0.1, -0.05) is 34.1 Å². The average molecular weight is 670 g/mol. The maximum atomic E-state index is 14.0. The van der Waals surface area contributed by atoms with Crippen molar-refractivity contribution in [3.63, 3.8) is 0 Å². The van der Waals surface area contributed by atoms with Crippen molar-refractivity contribution in [2.75, 3.05) is 33.8 Å². The fraction of sp³-hybridized carbons (Fsp3) is 0.812. The summed E-state index contributed by atoms with van der Waals surface area (Å²) >= 11 is 0. The van der Waals surface area contributed by atoms with Crippen molar-refractivity contribution in [1.82, 2.24) is 25.3 Å². The van der Waals surface area contributed by atoms with Crippen LogP contribution in [0.25, 0.3) is 0 Å². The van der Waals surface area contributed by atoms with Crippen LogP contribution in [0.4, 0.5) is 0 Å². The number of ether oxygens (including phenoxy) is 2. The Morgan fingerprint density at radius 2 is 1.66 bits per heavy atom. The first-order valence-corrected chi connectivity index (χ1v) is 16.5. The number of nitrogens with zero attached hydrogens (tertiary/aromatic N) is 3. The number of likely N-dealkylation sites (tertiary alicyclic amines) is 1. The van der Waals surface area contributed by atoms with E-state index < -0.39 is 77.7 Å². The highest BCUT2D eigenvalue weighted by Gasteiger charge is 2.43. The molecule has 0 aliphatic carbocycles. The van der Waals surface area contributed by atoms with Crippen LogP contribution in [0.5, 0.6) is 0 Å². The lowest BCUT2D eigenvalue weighted by Gasteiger charge is -2.38. The average Bonchev–Trinajstić information content (AvgIpc) is 3.63. The summed E-state index contributed by atoms with van der Waals surface area (Å²) in [6.07, 6.45) is -0.652. The molecule has 2 fully saturated rings. The summed E-state index contributed by atoms with van der Waals surface area (Å²) in [6, 6.07) is -3.81. The third kappa shape index (κ3) is 10.6. The molecule has 0 radical (unpaired) electrons. The van der Waals surface area contributed by atoms with Gasteiger partial charge < -0.3 is 45.0 Å². The van der Waals surface area contributed by atoms with Gasteiger partial charge in [0.05, 0.1) is 19.1 Å². The number of likely N-dealkylation sites (N-methyl/N-ethyl adjacent to an activating group) is 2. The first kappa shape index (κ1) is 39.9. The summed E-state index contributed by atoms with van der Waals surface area (Å²) in [5, 5.41) is 24.9. The van der Waals surface area contributed by atoms with Crippen molar-refractivity contribution >= 4 is 35.5 Å². The Hall–Kier alpha value is -3.30. The molecule has 5 amide bonds. The van der Waals surface area contributed by atoms with E-state index >= 15 is 0 Å². The Morgan fingerprint density at radius 1 is 1.02 bits per heavy atom. The van der Waals surface area contributed by atoms with Gasteiger partial charge in [-0.3, -0.25) is 28.8 Å². The van der Waals surface area contributed by atoms with Gasteiger partial charge in [0.2, 0.25) is 23.6 Å². The fourth-order valence-electron chi connectivity index (χ4n) is 5.93. The Bertz CT molecular complexity index is 1150. The van der Waals surface area contributed by atoms with Crippen LogP contribution in [0.2, 0.25) is 0 Å². The van der Waals surface area contributed by atoms with Crippen molar-refractivity contribution in [2.45, 2.75) is 123 Å². The van der Waals surface area contributed by atoms with Crippen LogP contribution in [0.15, 0.2) is 0 Å². The van der Waals surface area contributed by atoms with E-state index in [0.29, 0.717) is 19.3 Å². The molecule has 0 unspecified atom stereocenters. The molecule has 0 aromatic heterocycles. The van der Waals surface area contributed by atoms with Gasteiger partial charge in [-0.15, -0.1) is 0 Å². The standard InChI is InChI=1S/C32H55N5O10/c1-10-19(4)25(30(44)36(9)26(18(2)3)31(45)35(8)20(5)27(41)33-14-13-24(39)40)34-28(42)22-12-11-15-37(22)29(43)23(38)16-21-17-46-32(6,7)47-21/h18-23,25-26,38H,10-17H2,1-9H3,(H,33,41)(H,34,42)(H,39,40)/t19-,20-,21+,22-,23+,25-,26-/m0/s1. The van der Waals surface area contributed by atoms with Crippen molar-refractivity contribution in [1.29, 1.82) is 0 Å². The molecule has 2 rings (SSSR count). The van der Waals surface area contributed by atoms with Crippen LogP contribution in [-0.4, -0.2) is 136 Å². The second-order valence-electron chi connectivity index (χ2n) is 13.5. The number of aliphatic carboxylic acids is 1. The van der Waals surface area contributed by atoms with Crippen LogP contribution in [0.1, 0.15) is 80.6 Å². The van der Waals surface area contributed by atoms with E-state index in [1.165, 1.54) is 35.7 Å². The molecular weight excluding hydrogens is 614 g/mol. The molecule has 15 nitrogen and oxygen atoms in total. The molecule has 7 atom stereocenters. The van der Waals surface area contributed by atoms with Gasteiger partial charge in [-0.25, -0.2) is 0 Å². The number of carboxylic acid groups (broad SMARTS) is 1. The smallest absolute Gasteiger partial charge is 0.305 e. The number of amides is 5. The lowest BCUT2D eigenvalue weighted by atomic mass is 9.94. The summed E-state index contributed by atoms with van der Waals surface area (Å²) in [4.78, 5) is 81.8. The van der Waals surface area contributed by atoms with Gasteiger partial charge in [0.25, 0.3) is 5.91 Å².